The summed E-state index contributed by atoms with van der Waals surface area (Å²) in [5.74, 6) is -3.31. The molecule has 3 rings (SSSR count). The summed E-state index contributed by atoms with van der Waals surface area (Å²) < 4.78 is 9.76. The first-order valence-corrected chi connectivity index (χ1v) is 9.63. The summed E-state index contributed by atoms with van der Waals surface area (Å²) in [6, 6.07) is 0. The van der Waals surface area contributed by atoms with Gasteiger partial charge in [-0.2, -0.15) is 0 Å². The van der Waals surface area contributed by atoms with Crippen molar-refractivity contribution >= 4 is 23.9 Å². The Morgan fingerprint density at radius 1 is 0.852 bits per heavy atom. The van der Waals surface area contributed by atoms with Gasteiger partial charge in [-0.25, -0.2) is 19.2 Å². The van der Waals surface area contributed by atoms with E-state index < -0.39 is 29.8 Å². The molecule has 2 aliphatic heterocycles. The van der Waals surface area contributed by atoms with Crippen molar-refractivity contribution in [2.24, 2.45) is 11.8 Å². The van der Waals surface area contributed by atoms with Gasteiger partial charge in [-0.3, -0.25) is 0 Å². The molecule has 3 aliphatic rings. The lowest BCUT2D eigenvalue weighted by Gasteiger charge is -2.22. The Hall–Kier alpha value is -2.50. The van der Waals surface area contributed by atoms with E-state index in [2.05, 4.69) is 0 Å². The maximum absolute atomic E-state index is 12.4. The Balaban J connectivity index is 2.07. The van der Waals surface area contributed by atoms with Gasteiger partial charge in [-0.05, 0) is 31.6 Å². The van der Waals surface area contributed by atoms with Gasteiger partial charge in [0.15, 0.2) is 0 Å². The zero-order valence-corrected chi connectivity index (χ0v) is 15.7. The molecule has 6 nitrogen and oxygen atoms in total. The largest absolute Gasteiger partial charge is 0.386 e. The van der Waals surface area contributed by atoms with E-state index >= 15 is 0 Å². The van der Waals surface area contributed by atoms with Crippen LogP contribution in [0.1, 0.15) is 58.8 Å². The zero-order valence-electron chi connectivity index (χ0n) is 15.7. The van der Waals surface area contributed by atoms with Crippen LogP contribution in [0, 0.1) is 11.8 Å². The maximum Gasteiger partial charge on any atom is 0.343 e. The highest BCUT2D eigenvalue weighted by Crippen LogP contribution is 2.43. The molecule has 0 aromatic heterocycles. The molecule has 0 saturated carbocycles. The lowest BCUT2D eigenvalue weighted by molar-refractivity contribution is -0.153. The quantitative estimate of drug-likeness (QED) is 0.404. The maximum atomic E-state index is 12.4. The van der Waals surface area contributed by atoms with Crippen LogP contribution < -0.4 is 0 Å². The van der Waals surface area contributed by atoms with Crippen LogP contribution in [0.15, 0.2) is 34.4 Å². The SMILES string of the molecule is CCCC=CC1CC2=C(C(=O)OC2=O)C(CCCC)CC2=C1C(=O)OC2=O. The number of unbranched alkanes of at least 4 members (excludes halogenated alkanes) is 2. The highest BCUT2D eigenvalue weighted by atomic mass is 16.6. The van der Waals surface area contributed by atoms with E-state index in [9.17, 15) is 19.2 Å². The van der Waals surface area contributed by atoms with Crippen LogP contribution in [0.25, 0.3) is 0 Å². The first kappa shape index (κ1) is 19.3. The molecular formula is C21H24O6. The average molecular weight is 372 g/mol. The number of ether oxygens (including phenoxy) is 2. The third-order valence-electron chi connectivity index (χ3n) is 5.34. The summed E-state index contributed by atoms with van der Waals surface area (Å²) >= 11 is 0. The molecule has 2 unspecified atom stereocenters. The van der Waals surface area contributed by atoms with Crippen molar-refractivity contribution in [3.63, 3.8) is 0 Å². The van der Waals surface area contributed by atoms with Gasteiger partial charge in [-0.15, -0.1) is 0 Å². The summed E-state index contributed by atoms with van der Waals surface area (Å²) in [6.45, 7) is 4.06. The summed E-state index contributed by atoms with van der Waals surface area (Å²) in [5, 5.41) is 0. The minimum absolute atomic E-state index is 0.171. The second kappa shape index (κ2) is 8.03. The van der Waals surface area contributed by atoms with Crippen LogP contribution in [-0.4, -0.2) is 23.9 Å². The minimum Gasteiger partial charge on any atom is -0.386 e. The van der Waals surface area contributed by atoms with Crippen LogP contribution in [-0.2, 0) is 28.7 Å². The molecule has 0 fully saturated rings. The van der Waals surface area contributed by atoms with E-state index in [1.54, 1.807) is 0 Å². The Labute approximate surface area is 158 Å². The molecule has 2 atom stereocenters. The first-order valence-electron chi connectivity index (χ1n) is 9.63. The second-order valence-electron chi connectivity index (χ2n) is 7.21. The molecule has 144 valence electrons. The van der Waals surface area contributed by atoms with Crippen LogP contribution in [0.4, 0.5) is 0 Å². The fraction of sp³-hybridized carbons (Fsp3) is 0.524. The van der Waals surface area contributed by atoms with Gasteiger partial charge in [0.1, 0.15) is 0 Å². The minimum atomic E-state index is -0.642. The Morgan fingerprint density at radius 2 is 1.48 bits per heavy atom. The lowest BCUT2D eigenvalue weighted by Crippen LogP contribution is -2.19. The number of hydrogen-bond donors (Lipinski definition) is 0. The molecule has 27 heavy (non-hydrogen) atoms. The smallest absolute Gasteiger partial charge is 0.343 e. The highest BCUT2D eigenvalue weighted by molar-refractivity contribution is 6.15. The van der Waals surface area contributed by atoms with Gasteiger partial charge in [0.25, 0.3) is 0 Å². The Bertz CT molecular complexity index is 782. The van der Waals surface area contributed by atoms with Crippen LogP contribution in [0.5, 0.6) is 0 Å². The van der Waals surface area contributed by atoms with E-state index in [1.165, 1.54) is 0 Å². The molecule has 0 amide bonds. The van der Waals surface area contributed by atoms with Crippen molar-refractivity contribution in [2.45, 2.75) is 58.8 Å². The monoisotopic (exact) mass is 372 g/mol. The molecule has 0 N–H and O–H groups in total. The highest BCUT2D eigenvalue weighted by Gasteiger charge is 2.45. The van der Waals surface area contributed by atoms with E-state index in [0.717, 1.165) is 25.7 Å². The molecule has 2 heterocycles. The van der Waals surface area contributed by atoms with E-state index in [-0.39, 0.29) is 18.8 Å². The number of carbonyl (C=O) groups is 4. The molecule has 6 heteroatoms. The average Bonchev–Trinajstić information content (AvgIpc) is 3.03. The molecule has 0 spiro atoms. The molecule has 0 saturated heterocycles. The third-order valence-corrected chi connectivity index (χ3v) is 5.34. The van der Waals surface area contributed by atoms with Crippen molar-refractivity contribution in [3.05, 3.63) is 34.4 Å². The first-order chi connectivity index (χ1) is 13.0. The molecule has 0 aromatic rings. The predicted molar refractivity (Wildman–Crippen MR) is 96.0 cm³/mol. The number of cyclic esters (lactones) is 4. The normalized spacial score (nSPS) is 25.6. The number of allylic oxidation sites excluding steroid dienone is 2. The van der Waals surface area contributed by atoms with Gasteiger partial charge in [0.2, 0.25) is 0 Å². The summed E-state index contributed by atoms with van der Waals surface area (Å²) in [5.41, 5.74) is 1.38. The van der Waals surface area contributed by atoms with Crippen molar-refractivity contribution < 1.29 is 28.7 Å². The van der Waals surface area contributed by atoms with Gasteiger partial charge in [0, 0.05) is 17.1 Å². The van der Waals surface area contributed by atoms with Gasteiger partial charge >= 0.3 is 23.9 Å². The predicted octanol–water partition coefficient (Wildman–Crippen LogP) is 3.32. The molecule has 0 aromatic carbocycles. The van der Waals surface area contributed by atoms with Crippen LogP contribution >= 0.6 is 0 Å². The number of hydrogen-bond acceptors (Lipinski definition) is 6. The van der Waals surface area contributed by atoms with Crippen LogP contribution in [0.3, 0.4) is 0 Å². The van der Waals surface area contributed by atoms with Crippen molar-refractivity contribution in [2.75, 3.05) is 0 Å². The van der Waals surface area contributed by atoms with Gasteiger partial charge in [-0.1, -0.05) is 45.3 Å². The van der Waals surface area contributed by atoms with Gasteiger partial charge in [0.05, 0.1) is 11.1 Å². The zero-order chi connectivity index (χ0) is 19.6. The Morgan fingerprint density at radius 3 is 2.11 bits per heavy atom. The molecule has 0 bridgehead atoms. The molecular weight excluding hydrogens is 348 g/mol. The van der Waals surface area contributed by atoms with Crippen molar-refractivity contribution in [1.82, 2.24) is 0 Å². The second-order valence-corrected chi connectivity index (χ2v) is 7.21. The standard InChI is InChI=1S/C21H24O6/c1-3-5-7-9-13-11-15-16(20(24)26-19(15)23)12(8-6-4-2)10-14-17(13)21(25)27-18(14)22/h7,9,12-13H,3-6,8,10-11H2,1-2H3. The van der Waals surface area contributed by atoms with Gasteiger partial charge < -0.3 is 9.47 Å². The number of esters is 4. The van der Waals surface area contributed by atoms with E-state index in [0.29, 0.717) is 28.7 Å². The fourth-order valence-corrected chi connectivity index (χ4v) is 4.00. The number of carbonyl (C=O) groups excluding carboxylic acids is 4. The molecule has 0 radical (unpaired) electrons. The fourth-order valence-electron chi connectivity index (χ4n) is 4.00. The van der Waals surface area contributed by atoms with Crippen molar-refractivity contribution in [3.8, 4) is 0 Å². The van der Waals surface area contributed by atoms with Crippen molar-refractivity contribution in [1.29, 1.82) is 0 Å². The van der Waals surface area contributed by atoms with E-state index in [4.69, 9.17) is 9.47 Å². The summed E-state index contributed by atoms with van der Waals surface area (Å²) in [4.78, 5) is 49.3. The Kier molecular flexibility index (Phi) is 5.73. The number of rotatable bonds is 6. The lowest BCUT2D eigenvalue weighted by atomic mass is 9.77. The third kappa shape index (κ3) is 3.66. The molecule has 1 aliphatic carbocycles. The van der Waals surface area contributed by atoms with Crippen LogP contribution in [0.2, 0.25) is 0 Å². The topological polar surface area (TPSA) is 86.7 Å². The van der Waals surface area contributed by atoms with E-state index in [1.807, 2.05) is 26.0 Å². The summed E-state index contributed by atoms with van der Waals surface area (Å²) in [6.07, 6.45) is 8.32. The summed E-state index contributed by atoms with van der Waals surface area (Å²) in [7, 11) is 0.